The summed E-state index contributed by atoms with van der Waals surface area (Å²) in [6.07, 6.45) is 3.28. The summed E-state index contributed by atoms with van der Waals surface area (Å²) in [5.41, 5.74) is 0.803. The van der Waals surface area contributed by atoms with Gasteiger partial charge in [0, 0.05) is 13.1 Å². The van der Waals surface area contributed by atoms with Crippen LogP contribution in [0, 0.1) is 5.92 Å². The largest absolute Gasteiger partial charge is 0.337 e. The van der Waals surface area contributed by atoms with Crippen molar-refractivity contribution < 1.29 is 0 Å². The summed E-state index contributed by atoms with van der Waals surface area (Å²) >= 11 is 0. The van der Waals surface area contributed by atoms with Gasteiger partial charge < -0.3 is 4.57 Å². The molecule has 3 rings (SSSR count). The third kappa shape index (κ3) is 2.60. The second-order valence-corrected chi connectivity index (χ2v) is 6.12. The van der Waals surface area contributed by atoms with Crippen LogP contribution in [-0.2, 0) is 13.1 Å². The maximum atomic E-state index is 13.0. The van der Waals surface area contributed by atoms with Gasteiger partial charge in [0.05, 0.1) is 12.0 Å². The molecule has 0 bridgehead atoms. The van der Waals surface area contributed by atoms with Crippen molar-refractivity contribution in [1.29, 1.82) is 0 Å². The number of nitrogens with zero attached hydrogens (tertiary/aromatic N) is 4. The molecule has 0 aliphatic rings. The molecule has 0 saturated heterocycles. The molecule has 0 N–H and O–H groups in total. The Balaban J connectivity index is 2.44. The Morgan fingerprint density at radius 2 is 1.92 bits per heavy atom. The molecular weight excluding hydrogens is 304 g/mol. The Morgan fingerprint density at radius 3 is 2.54 bits per heavy atom. The van der Waals surface area contributed by atoms with Crippen molar-refractivity contribution in [3.63, 3.8) is 0 Å². The Hall–Kier alpha value is -2.89. The van der Waals surface area contributed by atoms with E-state index < -0.39 is 0 Å². The van der Waals surface area contributed by atoms with Crippen LogP contribution in [0.1, 0.15) is 13.8 Å². The number of para-hydroxylation sites is 1. The summed E-state index contributed by atoms with van der Waals surface area (Å²) in [6, 6.07) is 9.25. The van der Waals surface area contributed by atoms with E-state index in [1.807, 2.05) is 44.2 Å². The summed E-state index contributed by atoms with van der Waals surface area (Å²) in [5, 5.41) is 0. The van der Waals surface area contributed by atoms with Gasteiger partial charge in [0.2, 0.25) is 0 Å². The van der Waals surface area contributed by atoms with E-state index in [4.69, 9.17) is 0 Å². The highest BCUT2D eigenvalue weighted by molar-refractivity contribution is 5.72. The van der Waals surface area contributed by atoms with E-state index in [0.29, 0.717) is 29.9 Å². The van der Waals surface area contributed by atoms with Crippen LogP contribution >= 0.6 is 0 Å². The van der Waals surface area contributed by atoms with Crippen molar-refractivity contribution in [2.75, 3.05) is 0 Å². The molecule has 1 aromatic carbocycles. The van der Waals surface area contributed by atoms with Gasteiger partial charge in [-0.15, -0.1) is 6.58 Å². The Kier molecular flexibility index (Phi) is 4.20. The second kappa shape index (κ2) is 6.31. The first kappa shape index (κ1) is 16.0. The van der Waals surface area contributed by atoms with E-state index in [1.54, 1.807) is 17.0 Å². The number of fused-ring (bicyclic) bond motifs is 1. The van der Waals surface area contributed by atoms with Gasteiger partial charge in [-0.3, -0.25) is 9.36 Å². The fraction of sp³-hybridized carbons (Fsp3) is 0.278. The van der Waals surface area contributed by atoms with Crippen LogP contribution in [0.3, 0.4) is 0 Å². The Labute approximate surface area is 139 Å². The molecular formula is C18H20N4O2. The molecule has 6 heteroatoms. The highest BCUT2D eigenvalue weighted by atomic mass is 16.2. The lowest BCUT2D eigenvalue weighted by molar-refractivity contribution is 0.489. The lowest BCUT2D eigenvalue weighted by atomic mass is 10.2. The quantitative estimate of drug-likeness (QED) is 0.676. The average Bonchev–Trinajstić information content (AvgIpc) is 2.96. The minimum atomic E-state index is -0.365. The van der Waals surface area contributed by atoms with Crippen molar-refractivity contribution >= 4 is 11.2 Å². The molecule has 3 aromatic rings. The summed E-state index contributed by atoms with van der Waals surface area (Å²) in [5.74, 6) is 0.174. The van der Waals surface area contributed by atoms with Crippen LogP contribution in [0.2, 0.25) is 0 Å². The molecule has 0 radical (unpaired) electrons. The zero-order valence-corrected chi connectivity index (χ0v) is 13.8. The monoisotopic (exact) mass is 324 g/mol. The fourth-order valence-corrected chi connectivity index (χ4v) is 2.79. The molecule has 6 nitrogen and oxygen atoms in total. The minimum Gasteiger partial charge on any atom is -0.321 e. The van der Waals surface area contributed by atoms with Crippen molar-refractivity contribution in [3.8, 4) is 5.69 Å². The predicted molar refractivity (Wildman–Crippen MR) is 94.6 cm³/mol. The minimum absolute atomic E-state index is 0.174. The average molecular weight is 324 g/mol. The van der Waals surface area contributed by atoms with Crippen LogP contribution in [0.5, 0.6) is 0 Å². The van der Waals surface area contributed by atoms with E-state index in [9.17, 15) is 9.59 Å². The molecule has 0 fully saturated rings. The SMILES string of the molecule is C=CCn1cnc2c1c(=O)n(CC(C)C)c(=O)n2-c1ccccc1. The van der Waals surface area contributed by atoms with Gasteiger partial charge >= 0.3 is 5.69 Å². The first-order chi connectivity index (χ1) is 11.5. The molecule has 0 aliphatic heterocycles. The van der Waals surface area contributed by atoms with E-state index in [1.165, 1.54) is 9.13 Å². The van der Waals surface area contributed by atoms with Crippen molar-refractivity contribution in [3.05, 3.63) is 70.2 Å². The van der Waals surface area contributed by atoms with Gasteiger partial charge in [-0.05, 0) is 18.1 Å². The maximum absolute atomic E-state index is 13.0. The zero-order chi connectivity index (χ0) is 17.3. The summed E-state index contributed by atoms with van der Waals surface area (Å²) in [7, 11) is 0. The highest BCUT2D eigenvalue weighted by Gasteiger charge is 2.19. The van der Waals surface area contributed by atoms with Gasteiger partial charge in [-0.2, -0.15) is 0 Å². The maximum Gasteiger partial charge on any atom is 0.337 e. The molecule has 24 heavy (non-hydrogen) atoms. The van der Waals surface area contributed by atoms with Gasteiger partial charge in [0.25, 0.3) is 5.56 Å². The van der Waals surface area contributed by atoms with Crippen molar-refractivity contribution in [2.45, 2.75) is 26.9 Å². The topological polar surface area (TPSA) is 61.8 Å². The van der Waals surface area contributed by atoms with Crippen LogP contribution in [0.4, 0.5) is 0 Å². The molecule has 124 valence electrons. The van der Waals surface area contributed by atoms with E-state index in [-0.39, 0.29) is 17.2 Å². The molecule has 0 aliphatic carbocycles. The number of imidazole rings is 1. The zero-order valence-electron chi connectivity index (χ0n) is 13.8. The summed E-state index contributed by atoms with van der Waals surface area (Å²) in [6.45, 7) is 8.49. The van der Waals surface area contributed by atoms with Crippen LogP contribution in [0.15, 0.2) is 58.9 Å². The predicted octanol–water partition coefficient (Wildman–Crippen LogP) is 2.19. The van der Waals surface area contributed by atoms with Gasteiger partial charge in [-0.1, -0.05) is 38.1 Å². The molecule has 0 unspecified atom stereocenters. The van der Waals surface area contributed by atoms with E-state index in [0.717, 1.165) is 0 Å². The number of hydrogen-bond donors (Lipinski definition) is 0. The molecule has 0 spiro atoms. The van der Waals surface area contributed by atoms with Gasteiger partial charge in [-0.25, -0.2) is 14.3 Å². The Morgan fingerprint density at radius 1 is 1.21 bits per heavy atom. The van der Waals surface area contributed by atoms with Crippen LogP contribution in [-0.4, -0.2) is 18.7 Å². The molecule has 0 atom stereocenters. The number of hydrogen-bond acceptors (Lipinski definition) is 3. The smallest absolute Gasteiger partial charge is 0.321 e. The number of benzene rings is 1. The second-order valence-electron chi connectivity index (χ2n) is 6.12. The summed E-state index contributed by atoms with van der Waals surface area (Å²) in [4.78, 5) is 30.2. The fourth-order valence-electron chi connectivity index (χ4n) is 2.79. The third-order valence-corrected chi connectivity index (χ3v) is 3.79. The first-order valence-electron chi connectivity index (χ1n) is 7.91. The number of allylic oxidation sites excluding steroid dienone is 1. The third-order valence-electron chi connectivity index (χ3n) is 3.79. The normalized spacial score (nSPS) is 11.3. The lowest BCUT2D eigenvalue weighted by Gasteiger charge is -2.13. The van der Waals surface area contributed by atoms with E-state index >= 15 is 0 Å². The number of aromatic nitrogens is 4. The standard InChI is InChI=1S/C18H20N4O2/c1-4-10-20-12-19-16-15(20)17(23)21(11-13(2)3)18(24)22(16)14-8-6-5-7-9-14/h4-9,12-13H,1,10-11H2,2-3H3. The van der Waals surface area contributed by atoms with Crippen LogP contribution in [0.25, 0.3) is 16.9 Å². The number of rotatable bonds is 5. The van der Waals surface area contributed by atoms with Crippen molar-refractivity contribution in [2.24, 2.45) is 5.92 Å². The molecule has 0 amide bonds. The van der Waals surface area contributed by atoms with Gasteiger partial charge in [0.1, 0.15) is 0 Å². The van der Waals surface area contributed by atoms with Crippen molar-refractivity contribution in [1.82, 2.24) is 18.7 Å². The summed E-state index contributed by atoms with van der Waals surface area (Å²) < 4.78 is 4.51. The highest BCUT2D eigenvalue weighted by Crippen LogP contribution is 2.13. The van der Waals surface area contributed by atoms with E-state index in [2.05, 4.69) is 11.6 Å². The van der Waals surface area contributed by atoms with Gasteiger partial charge in [0.15, 0.2) is 11.2 Å². The molecule has 2 aromatic heterocycles. The molecule has 0 saturated carbocycles. The lowest BCUT2D eigenvalue weighted by Crippen LogP contribution is -2.41. The Bertz CT molecular complexity index is 994. The first-order valence-corrected chi connectivity index (χ1v) is 7.91. The molecule has 2 heterocycles. The van der Waals surface area contributed by atoms with Crippen LogP contribution < -0.4 is 11.2 Å².